The van der Waals surface area contributed by atoms with E-state index in [4.69, 9.17) is 5.73 Å². The van der Waals surface area contributed by atoms with Crippen LogP contribution in [0.2, 0.25) is 0 Å². The van der Waals surface area contributed by atoms with Gasteiger partial charge in [-0.1, -0.05) is 12.5 Å². The number of anilines is 1. The smallest absolute Gasteiger partial charge is 0.228 e. The summed E-state index contributed by atoms with van der Waals surface area (Å²) in [5.41, 5.74) is 7.25. The van der Waals surface area contributed by atoms with E-state index in [-0.39, 0.29) is 42.7 Å². The summed E-state index contributed by atoms with van der Waals surface area (Å²) in [6.45, 7) is 0. The van der Waals surface area contributed by atoms with Gasteiger partial charge in [0, 0.05) is 24.2 Å². The summed E-state index contributed by atoms with van der Waals surface area (Å²) in [6.07, 6.45) is 5.40. The second-order valence-electron chi connectivity index (χ2n) is 7.75. The first-order chi connectivity index (χ1) is 12.0. The van der Waals surface area contributed by atoms with Gasteiger partial charge < -0.3 is 16.4 Å². The molecule has 2 aliphatic carbocycles. The third-order valence-corrected chi connectivity index (χ3v) is 6.06. The highest BCUT2D eigenvalue weighted by atomic mass is 35.5. The molecule has 3 atom stereocenters. The first-order valence-corrected chi connectivity index (χ1v) is 9.16. The fraction of sp³-hybridized carbons (Fsp3) is 0.579. The highest BCUT2D eigenvalue weighted by molar-refractivity contribution is 6.01. The van der Waals surface area contributed by atoms with Gasteiger partial charge in [-0.2, -0.15) is 0 Å². The van der Waals surface area contributed by atoms with Gasteiger partial charge in [0.1, 0.15) is 5.82 Å². The first-order valence-electron chi connectivity index (χ1n) is 9.16. The molecular weight excluding hydrogens is 357 g/mol. The van der Waals surface area contributed by atoms with Crippen molar-refractivity contribution in [1.82, 2.24) is 5.32 Å². The lowest BCUT2D eigenvalue weighted by molar-refractivity contribution is -0.128. The minimum Gasteiger partial charge on any atom is -0.352 e. The Morgan fingerprint density at radius 1 is 1.23 bits per heavy atom. The number of amides is 2. The number of fused-ring (bicyclic) bond motifs is 3. The highest BCUT2D eigenvalue weighted by Crippen LogP contribution is 2.40. The molecule has 7 heteroatoms. The molecule has 1 aliphatic heterocycles. The van der Waals surface area contributed by atoms with Gasteiger partial charge in [0.15, 0.2) is 0 Å². The molecular formula is C19H25ClFN3O2. The zero-order chi connectivity index (χ0) is 17.6. The molecule has 3 unspecified atom stereocenters. The molecule has 0 saturated heterocycles. The summed E-state index contributed by atoms with van der Waals surface area (Å²) in [5.74, 6) is -0.492. The molecule has 4 rings (SSSR count). The summed E-state index contributed by atoms with van der Waals surface area (Å²) in [4.78, 5) is 24.9. The van der Waals surface area contributed by atoms with Gasteiger partial charge in [-0.25, -0.2) is 4.39 Å². The first kappa shape index (κ1) is 19.1. The number of halogens is 2. The zero-order valence-corrected chi connectivity index (χ0v) is 15.4. The normalized spacial score (nSPS) is 32.7. The van der Waals surface area contributed by atoms with Crippen molar-refractivity contribution in [1.29, 1.82) is 0 Å². The van der Waals surface area contributed by atoms with E-state index in [1.165, 1.54) is 18.6 Å². The fourth-order valence-corrected chi connectivity index (χ4v) is 4.96. The summed E-state index contributed by atoms with van der Waals surface area (Å²) >= 11 is 0. The Morgan fingerprint density at radius 2 is 1.92 bits per heavy atom. The topological polar surface area (TPSA) is 84.2 Å². The van der Waals surface area contributed by atoms with Gasteiger partial charge in [0.25, 0.3) is 0 Å². The summed E-state index contributed by atoms with van der Waals surface area (Å²) in [6, 6.07) is 4.60. The van der Waals surface area contributed by atoms with Crippen LogP contribution in [-0.4, -0.2) is 23.9 Å². The van der Waals surface area contributed by atoms with Crippen molar-refractivity contribution in [2.45, 2.75) is 56.5 Å². The van der Waals surface area contributed by atoms with Crippen LogP contribution in [0.3, 0.4) is 0 Å². The van der Waals surface area contributed by atoms with Crippen LogP contribution in [0.15, 0.2) is 18.2 Å². The van der Waals surface area contributed by atoms with E-state index < -0.39 is 11.7 Å². The lowest BCUT2D eigenvalue weighted by Crippen LogP contribution is -2.54. The maximum atomic E-state index is 13.5. The third-order valence-electron chi connectivity index (χ3n) is 6.06. The molecule has 5 nitrogen and oxygen atoms in total. The van der Waals surface area contributed by atoms with Crippen molar-refractivity contribution in [2.24, 2.45) is 17.6 Å². The summed E-state index contributed by atoms with van der Waals surface area (Å²) in [5, 5.41) is 5.88. The fourth-order valence-electron chi connectivity index (χ4n) is 4.96. The van der Waals surface area contributed by atoms with Crippen LogP contribution in [0.5, 0.6) is 0 Å². The molecule has 142 valence electrons. The highest BCUT2D eigenvalue weighted by Gasteiger charge is 2.41. The van der Waals surface area contributed by atoms with Crippen LogP contribution >= 0.6 is 12.4 Å². The van der Waals surface area contributed by atoms with E-state index >= 15 is 0 Å². The standard InChI is InChI=1S/C19H24FN3O2.ClH/c20-12-4-5-14-15(9-17(24)22-16(14)8-12)19(25)23-18-10-2-1-3-11(18)7-13(21)6-10;/h4-5,8,10-11,13,15,18H,1-3,6-7,9,21H2,(H,22,24)(H,23,25);1H. The van der Waals surface area contributed by atoms with Gasteiger partial charge in [-0.15, -0.1) is 12.4 Å². The van der Waals surface area contributed by atoms with E-state index in [0.717, 1.165) is 25.7 Å². The number of benzene rings is 1. The molecule has 26 heavy (non-hydrogen) atoms. The SMILES string of the molecule is Cl.NC1CC2CCCC(C1)C2NC(=O)C1CC(=O)Nc2cc(F)ccc21. The van der Waals surface area contributed by atoms with Gasteiger partial charge in [0.2, 0.25) is 11.8 Å². The largest absolute Gasteiger partial charge is 0.352 e. The molecule has 3 aliphatic rings. The Hall–Kier alpha value is -1.66. The summed E-state index contributed by atoms with van der Waals surface area (Å²) < 4.78 is 13.5. The lowest BCUT2D eigenvalue weighted by Gasteiger charge is -2.45. The molecule has 4 N–H and O–H groups in total. The molecule has 1 aromatic carbocycles. The average molecular weight is 382 g/mol. The Bertz CT molecular complexity index is 700. The number of hydrogen-bond acceptors (Lipinski definition) is 3. The van der Waals surface area contributed by atoms with Gasteiger partial charge in [-0.05, 0) is 55.2 Å². The molecule has 0 radical (unpaired) electrons. The lowest BCUT2D eigenvalue weighted by atomic mass is 9.67. The molecule has 2 amide bonds. The molecule has 0 aromatic heterocycles. The van der Waals surface area contributed by atoms with Crippen LogP contribution in [0.1, 0.15) is 50.0 Å². The Morgan fingerprint density at radius 3 is 2.62 bits per heavy atom. The number of nitrogens with two attached hydrogens (primary N) is 1. The van der Waals surface area contributed by atoms with E-state index in [0.29, 0.717) is 23.1 Å². The second kappa shape index (κ2) is 7.53. The number of rotatable bonds is 2. The zero-order valence-electron chi connectivity index (χ0n) is 14.5. The molecule has 2 saturated carbocycles. The van der Waals surface area contributed by atoms with Gasteiger partial charge in [0.05, 0.1) is 5.92 Å². The maximum Gasteiger partial charge on any atom is 0.228 e. The van der Waals surface area contributed by atoms with Crippen LogP contribution in [0.4, 0.5) is 10.1 Å². The number of carbonyl (C=O) groups is 2. The third kappa shape index (κ3) is 3.58. The van der Waals surface area contributed by atoms with Crippen LogP contribution in [-0.2, 0) is 9.59 Å². The Balaban J connectivity index is 0.00000196. The Labute approximate surface area is 158 Å². The van der Waals surface area contributed by atoms with Crippen molar-refractivity contribution in [3.05, 3.63) is 29.6 Å². The van der Waals surface area contributed by atoms with Crippen molar-refractivity contribution in [2.75, 3.05) is 5.32 Å². The van der Waals surface area contributed by atoms with E-state index in [1.807, 2.05) is 0 Å². The van der Waals surface area contributed by atoms with Crippen LogP contribution in [0, 0.1) is 17.7 Å². The van der Waals surface area contributed by atoms with Crippen molar-refractivity contribution in [3.8, 4) is 0 Å². The molecule has 2 fully saturated rings. The minimum atomic E-state index is -0.555. The summed E-state index contributed by atoms with van der Waals surface area (Å²) in [7, 11) is 0. The van der Waals surface area contributed by atoms with Crippen molar-refractivity contribution in [3.63, 3.8) is 0 Å². The van der Waals surface area contributed by atoms with E-state index in [2.05, 4.69) is 10.6 Å². The van der Waals surface area contributed by atoms with Gasteiger partial charge in [-0.3, -0.25) is 9.59 Å². The van der Waals surface area contributed by atoms with Crippen molar-refractivity contribution < 1.29 is 14.0 Å². The number of carbonyl (C=O) groups excluding carboxylic acids is 2. The predicted octanol–water partition coefficient (Wildman–Crippen LogP) is 2.70. The maximum absolute atomic E-state index is 13.5. The Kier molecular flexibility index (Phi) is 5.53. The minimum absolute atomic E-state index is 0. The van der Waals surface area contributed by atoms with E-state index in [1.54, 1.807) is 6.07 Å². The quantitative estimate of drug-likeness (QED) is 0.736. The molecule has 0 spiro atoms. The number of hydrogen-bond donors (Lipinski definition) is 3. The van der Waals surface area contributed by atoms with Gasteiger partial charge >= 0.3 is 0 Å². The number of nitrogens with one attached hydrogen (secondary N) is 2. The van der Waals surface area contributed by atoms with Crippen molar-refractivity contribution >= 4 is 29.9 Å². The second-order valence-corrected chi connectivity index (χ2v) is 7.75. The van der Waals surface area contributed by atoms with Crippen LogP contribution in [0.25, 0.3) is 0 Å². The van der Waals surface area contributed by atoms with Crippen LogP contribution < -0.4 is 16.4 Å². The average Bonchev–Trinajstić information content (AvgIpc) is 2.54. The molecule has 1 heterocycles. The molecule has 2 bridgehead atoms. The predicted molar refractivity (Wildman–Crippen MR) is 99.6 cm³/mol. The monoisotopic (exact) mass is 381 g/mol. The van der Waals surface area contributed by atoms with E-state index in [9.17, 15) is 14.0 Å². The molecule has 1 aromatic rings.